The Kier molecular flexibility index (Phi) is 3.96. The molecule has 0 saturated heterocycles. The molecule has 1 unspecified atom stereocenters. The minimum atomic E-state index is -3.72. The molecule has 0 spiro atoms. The molecule has 3 aromatic rings. The number of benzene rings is 2. The molecule has 26 heavy (non-hydrogen) atoms. The Bertz CT molecular complexity index is 1040. The summed E-state index contributed by atoms with van der Waals surface area (Å²) in [5.41, 5.74) is 3.19. The van der Waals surface area contributed by atoms with Crippen molar-refractivity contribution < 1.29 is 17.3 Å². The summed E-state index contributed by atoms with van der Waals surface area (Å²) in [7, 11) is -2.12. The van der Waals surface area contributed by atoms with Gasteiger partial charge in [0.25, 0.3) is 0 Å². The number of ether oxygens (including phenoxy) is 1. The maximum absolute atomic E-state index is 12.4. The number of methoxy groups -OCH3 is 1. The van der Waals surface area contributed by atoms with Gasteiger partial charge in [-0.1, -0.05) is 30.3 Å². The molecule has 0 radical (unpaired) electrons. The van der Waals surface area contributed by atoms with E-state index in [4.69, 9.17) is 8.92 Å². The number of fused-ring (bicyclic) bond motifs is 1. The molecule has 7 heteroatoms. The summed E-state index contributed by atoms with van der Waals surface area (Å²) in [6.07, 6.45) is 0. The van der Waals surface area contributed by atoms with Gasteiger partial charge in [0, 0.05) is 11.5 Å². The van der Waals surface area contributed by atoms with Gasteiger partial charge >= 0.3 is 10.1 Å². The maximum atomic E-state index is 12.4. The first-order valence-electron chi connectivity index (χ1n) is 8.19. The second-order valence-corrected chi connectivity index (χ2v) is 7.80. The van der Waals surface area contributed by atoms with Crippen LogP contribution in [0.1, 0.15) is 22.7 Å². The first-order chi connectivity index (χ1) is 12.5. The van der Waals surface area contributed by atoms with Crippen LogP contribution in [0.15, 0.2) is 54.6 Å². The molecule has 0 fully saturated rings. The van der Waals surface area contributed by atoms with Crippen molar-refractivity contribution in [3.63, 3.8) is 0 Å². The monoisotopic (exact) mass is 370 g/mol. The standard InChI is InChI=1S/C19H18N2O4S/c1-13-18-17(14-8-10-16(24-2)11-9-14)12-26(22,23)25-19(18)21(20-13)15-6-4-3-5-7-15/h3-11,17H,12H2,1-2H3. The van der Waals surface area contributed by atoms with E-state index in [1.54, 1.807) is 11.8 Å². The van der Waals surface area contributed by atoms with Crippen LogP contribution in [-0.2, 0) is 10.1 Å². The molecule has 1 aliphatic heterocycles. The summed E-state index contributed by atoms with van der Waals surface area (Å²) in [4.78, 5) is 0. The Morgan fingerprint density at radius 3 is 2.46 bits per heavy atom. The van der Waals surface area contributed by atoms with Crippen LogP contribution in [0.2, 0.25) is 0 Å². The van der Waals surface area contributed by atoms with Crippen molar-refractivity contribution in [3.05, 3.63) is 71.4 Å². The third-order valence-electron chi connectivity index (χ3n) is 4.51. The van der Waals surface area contributed by atoms with Crippen LogP contribution in [0.3, 0.4) is 0 Å². The molecule has 0 saturated carbocycles. The van der Waals surface area contributed by atoms with Crippen molar-refractivity contribution in [1.29, 1.82) is 0 Å². The molecule has 1 atom stereocenters. The fraction of sp³-hybridized carbons (Fsp3) is 0.211. The molecular formula is C19H18N2O4S. The molecular weight excluding hydrogens is 352 g/mol. The summed E-state index contributed by atoms with van der Waals surface area (Å²) >= 11 is 0. The second kappa shape index (κ2) is 6.17. The number of aromatic nitrogens is 2. The Labute approximate surface area is 152 Å². The molecule has 2 heterocycles. The normalized spacial score (nSPS) is 18.0. The molecule has 0 aliphatic carbocycles. The predicted molar refractivity (Wildman–Crippen MR) is 97.6 cm³/mol. The van der Waals surface area contributed by atoms with Gasteiger partial charge in [0.2, 0.25) is 5.88 Å². The fourth-order valence-electron chi connectivity index (χ4n) is 3.28. The van der Waals surface area contributed by atoms with Crippen LogP contribution < -0.4 is 8.92 Å². The highest BCUT2D eigenvalue weighted by molar-refractivity contribution is 7.87. The van der Waals surface area contributed by atoms with Gasteiger partial charge in [-0.25, -0.2) is 0 Å². The van der Waals surface area contributed by atoms with E-state index < -0.39 is 10.1 Å². The zero-order valence-corrected chi connectivity index (χ0v) is 15.2. The smallest absolute Gasteiger partial charge is 0.311 e. The van der Waals surface area contributed by atoms with Crippen molar-refractivity contribution >= 4 is 10.1 Å². The van der Waals surface area contributed by atoms with E-state index in [2.05, 4.69) is 5.10 Å². The zero-order valence-electron chi connectivity index (χ0n) is 14.4. The van der Waals surface area contributed by atoms with Gasteiger partial charge in [0.15, 0.2) is 0 Å². The fourth-order valence-corrected chi connectivity index (χ4v) is 4.52. The molecule has 1 aliphatic rings. The molecule has 6 nitrogen and oxygen atoms in total. The summed E-state index contributed by atoms with van der Waals surface area (Å²) in [6.45, 7) is 1.87. The minimum absolute atomic E-state index is 0.117. The summed E-state index contributed by atoms with van der Waals surface area (Å²) in [5.74, 6) is 0.529. The molecule has 4 rings (SSSR count). The topological polar surface area (TPSA) is 70.4 Å². The minimum Gasteiger partial charge on any atom is -0.497 e. The lowest BCUT2D eigenvalue weighted by atomic mass is 9.93. The van der Waals surface area contributed by atoms with Crippen LogP contribution in [0.5, 0.6) is 11.6 Å². The largest absolute Gasteiger partial charge is 0.497 e. The first kappa shape index (κ1) is 16.7. The summed E-state index contributed by atoms with van der Waals surface area (Å²) in [5, 5.41) is 4.54. The molecule has 134 valence electrons. The van der Waals surface area contributed by atoms with Gasteiger partial charge in [0.1, 0.15) is 5.75 Å². The SMILES string of the molecule is COc1ccc(C2CS(=O)(=O)Oc3c2c(C)nn3-c2ccccc2)cc1. The third-order valence-corrected chi connectivity index (χ3v) is 5.66. The number of hydrogen-bond donors (Lipinski definition) is 0. The van der Waals surface area contributed by atoms with E-state index >= 15 is 0 Å². The van der Waals surface area contributed by atoms with Crippen LogP contribution in [0.4, 0.5) is 0 Å². The second-order valence-electron chi connectivity index (χ2n) is 6.19. The lowest BCUT2D eigenvalue weighted by Gasteiger charge is -2.24. The lowest BCUT2D eigenvalue weighted by Crippen LogP contribution is -2.27. The number of rotatable bonds is 3. The van der Waals surface area contributed by atoms with Crippen molar-refractivity contribution in [2.45, 2.75) is 12.8 Å². The number of hydrogen-bond acceptors (Lipinski definition) is 5. The van der Waals surface area contributed by atoms with Crippen LogP contribution in [0.25, 0.3) is 5.69 Å². The van der Waals surface area contributed by atoms with Gasteiger partial charge in [-0.3, -0.25) is 0 Å². The summed E-state index contributed by atoms with van der Waals surface area (Å²) < 4.78 is 37.0. The van der Waals surface area contributed by atoms with E-state index in [9.17, 15) is 8.42 Å². The quantitative estimate of drug-likeness (QED) is 0.663. The Balaban J connectivity index is 1.88. The highest BCUT2D eigenvalue weighted by Crippen LogP contribution is 2.41. The molecule has 0 amide bonds. The van der Waals surface area contributed by atoms with Crippen molar-refractivity contribution in [3.8, 4) is 17.3 Å². The van der Waals surface area contributed by atoms with Crippen molar-refractivity contribution in [2.75, 3.05) is 12.9 Å². The summed E-state index contributed by atoms with van der Waals surface area (Å²) in [6, 6.07) is 16.8. The Hall–Kier alpha value is -2.80. The van der Waals surface area contributed by atoms with E-state index in [0.717, 1.165) is 28.3 Å². The number of aryl methyl sites for hydroxylation is 1. The van der Waals surface area contributed by atoms with Crippen LogP contribution in [0, 0.1) is 6.92 Å². The highest BCUT2D eigenvalue weighted by Gasteiger charge is 2.37. The molecule has 2 aromatic carbocycles. The van der Waals surface area contributed by atoms with E-state index in [1.807, 2.05) is 61.5 Å². The number of nitrogens with zero attached hydrogens (tertiary/aromatic N) is 2. The molecule has 0 N–H and O–H groups in total. The van der Waals surface area contributed by atoms with E-state index in [1.165, 1.54) is 0 Å². The third kappa shape index (κ3) is 2.84. The van der Waals surface area contributed by atoms with Gasteiger partial charge in [-0.05, 0) is 36.8 Å². The molecule has 1 aromatic heterocycles. The van der Waals surface area contributed by atoms with E-state index in [-0.39, 0.29) is 17.6 Å². The van der Waals surface area contributed by atoms with Crippen molar-refractivity contribution in [1.82, 2.24) is 9.78 Å². The highest BCUT2D eigenvalue weighted by atomic mass is 32.2. The van der Waals surface area contributed by atoms with Crippen LogP contribution in [-0.4, -0.2) is 31.1 Å². The maximum Gasteiger partial charge on any atom is 0.311 e. The first-order valence-corrected chi connectivity index (χ1v) is 9.77. The van der Waals surface area contributed by atoms with Crippen molar-refractivity contribution in [2.24, 2.45) is 0 Å². The average Bonchev–Trinajstić information content (AvgIpc) is 2.97. The van der Waals surface area contributed by atoms with Crippen LogP contribution >= 0.6 is 0 Å². The van der Waals surface area contributed by atoms with Gasteiger partial charge in [-0.2, -0.15) is 18.2 Å². The Morgan fingerprint density at radius 2 is 1.81 bits per heavy atom. The zero-order chi connectivity index (χ0) is 18.3. The Morgan fingerprint density at radius 1 is 1.12 bits per heavy atom. The average molecular weight is 370 g/mol. The van der Waals surface area contributed by atoms with E-state index in [0.29, 0.717) is 0 Å². The number of para-hydroxylation sites is 1. The predicted octanol–water partition coefficient (Wildman–Crippen LogP) is 3.04. The van der Waals surface area contributed by atoms with Gasteiger partial charge in [0.05, 0.1) is 24.2 Å². The molecule has 0 bridgehead atoms. The lowest BCUT2D eigenvalue weighted by molar-refractivity contribution is 0.414. The van der Waals surface area contributed by atoms with Gasteiger partial charge < -0.3 is 8.92 Å². The van der Waals surface area contributed by atoms with Gasteiger partial charge in [-0.15, -0.1) is 0 Å².